The molecule has 0 aromatic heterocycles. The minimum Gasteiger partial charge on any atom is -0.530 e. The van der Waals surface area contributed by atoms with Crippen LogP contribution >= 0.6 is 0 Å². The topological polar surface area (TPSA) is 72.4 Å². The van der Waals surface area contributed by atoms with Crippen molar-refractivity contribution >= 4 is 11.8 Å². The monoisotopic (exact) mass is 234 g/mol. The number of nitrogens with one attached hydrogen (secondary N) is 1. The van der Waals surface area contributed by atoms with Gasteiger partial charge in [-0.15, -0.1) is 0 Å². The highest BCUT2D eigenvalue weighted by molar-refractivity contribution is 5.82. The van der Waals surface area contributed by atoms with Crippen LogP contribution in [0.3, 0.4) is 0 Å². The summed E-state index contributed by atoms with van der Waals surface area (Å²) in [5.74, 6) is 0. The number of alkyl halides is 3. The Balaban J connectivity index is 3.11. The normalized spacial score (nSPS) is 11.2. The second kappa shape index (κ2) is 4.40. The maximum atomic E-state index is 12.3. The molecule has 0 aliphatic rings. The van der Waals surface area contributed by atoms with Crippen LogP contribution in [0.1, 0.15) is 11.1 Å². The second-order valence-electron chi connectivity index (χ2n) is 2.94. The van der Waals surface area contributed by atoms with Gasteiger partial charge in [-0.3, -0.25) is 0 Å². The highest BCUT2D eigenvalue weighted by Gasteiger charge is 2.30. The fraction of sp³-hybridized carbons (Fsp3) is 0.222. The van der Waals surface area contributed by atoms with Crippen LogP contribution in [0.15, 0.2) is 18.2 Å². The minimum absolute atomic E-state index is 0.129. The van der Waals surface area contributed by atoms with Gasteiger partial charge >= 0.3 is 6.18 Å². The number of aliphatic hydroxyl groups excluding tert-OH is 1. The third-order valence-electron chi connectivity index (χ3n) is 1.84. The van der Waals surface area contributed by atoms with Crippen molar-refractivity contribution < 1.29 is 28.2 Å². The zero-order chi connectivity index (χ0) is 12.3. The predicted octanol–water partition coefficient (Wildman–Crippen LogP) is 0.953. The van der Waals surface area contributed by atoms with Crippen molar-refractivity contribution in [1.29, 1.82) is 0 Å². The summed E-state index contributed by atoms with van der Waals surface area (Å²) in [6, 6.07) is 2.31. The fourth-order valence-corrected chi connectivity index (χ4v) is 1.13. The van der Waals surface area contributed by atoms with Gasteiger partial charge in [0.25, 0.3) is 0 Å². The summed E-state index contributed by atoms with van der Waals surface area (Å²) in [6.07, 6.45) is -6.20. The lowest BCUT2D eigenvalue weighted by Crippen LogP contribution is -2.29. The van der Waals surface area contributed by atoms with Crippen LogP contribution in [0.2, 0.25) is 0 Å². The maximum Gasteiger partial charge on any atom is 0.416 e. The molecule has 1 rings (SSSR count). The Kier molecular flexibility index (Phi) is 3.38. The second-order valence-corrected chi connectivity index (χ2v) is 2.94. The summed E-state index contributed by atoms with van der Waals surface area (Å²) < 4.78 is 36.8. The van der Waals surface area contributed by atoms with Crippen molar-refractivity contribution in [2.45, 2.75) is 12.8 Å². The molecule has 0 bridgehead atoms. The molecule has 0 aliphatic heterocycles. The molecule has 0 saturated heterocycles. The molecule has 0 unspecified atom stereocenters. The molecule has 0 spiro atoms. The Morgan fingerprint density at radius 2 is 2.06 bits per heavy atom. The Bertz CT molecular complexity index is 403. The van der Waals surface area contributed by atoms with E-state index in [2.05, 4.69) is 0 Å². The number of anilines is 1. The Hall–Kier alpha value is -1.76. The van der Waals surface area contributed by atoms with Crippen molar-refractivity contribution in [1.82, 2.24) is 0 Å². The van der Waals surface area contributed by atoms with E-state index in [1.54, 1.807) is 5.32 Å². The van der Waals surface area contributed by atoms with Crippen LogP contribution in [0.4, 0.5) is 23.7 Å². The molecule has 2 N–H and O–H groups in total. The van der Waals surface area contributed by atoms with Crippen molar-refractivity contribution in [3.63, 3.8) is 0 Å². The fourth-order valence-electron chi connectivity index (χ4n) is 1.13. The van der Waals surface area contributed by atoms with Crippen LogP contribution in [-0.4, -0.2) is 11.2 Å². The van der Waals surface area contributed by atoms with Gasteiger partial charge in [-0.2, -0.15) is 13.2 Å². The number of benzene rings is 1. The van der Waals surface area contributed by atoms with Gasteiger partial charge in [0.05, 0.1) is 12.2 Å². The molecule has 0 saturated carbocycles. The van der Waals surface area contributed by atoms with E-state index in [9.17, 15) is 23.1 Å². The lowest BCUT2D eigenvalue weighted by Gasteiger charge is -2.13. The Morgan fingerprint density at radius 3 is 2.50 bits per heavy atom. The van der Waals surface area contributed by atoms with Crippen LogP contribution in [0, 0.1) is 0 Å². The first-order valence-corrected chi connectivity index (χ1v) is 4.13. The first kappa shape index (κ1) is 12.3. The number of carboxylic acid groups (broad SMARTS) is 1. The molecule has 0 radical (unpaired) electrons. The average Bonchev–Trinajstić information content (AvgIpc) is 2.15. The number of carbonyl (C=O) groups is 1. The van der Waals surface area contributed by atoms with E-state index in [0.717, 1.165) is 6.07 Å². The number of hydrogen-bond donors (Lipinski definition) is 2. The largest absolute Gasteiger partial charge is 0.530 e. The number of carbonyl (C=O) groups excluding carboxylic acids is 1. The SMILES string of the molecule is O=C([O-])Nc1ccc(C(F)(F)F)cc1CO. The Labute approximate surface area is 88.3 Å². The van der Waals surface area contributed by atoms with Crippen LogP contribution in [0.5, 0.6) is 0 Å². The third-order valence-corrected chi connectivity index (χ3v) is 1.84. The molecule has 4 nitrogen and oxygen atoms in total. The van der Waals surface area contributed by atoms with Gasteiger partial charge in [0.1, 0.15) is 6.09 Å². The number of halogens is 3. The summed E-state index contributed by atoms with van der Waals surface area (Å²) in [6.45, 7) is -0.709. The molecule has 1 aromatic carbocycles. The molecule has 88 valence electrons. The van der Waals surface area contributed by atoms with Crippen molar-refractivity contribution in [3.05, 3.63) is 29.3 Å². The standard InChI is InChI=1S/C9H8F3NO3/c10-9(11,12)6-1-2-7(13-8(15)16)5(3-6)4-14/h1-3,13-14H,4H2,(H,15,16)/p-1. The van der Waals surface area contributed by atoms with Crippen molar-refractivity contribution in [3.8, 4) is 0 Å². The predicted molar refractivity (Wildman–Crippen MR) is 46.4 cm³/mol. The summed E-state index contributed by atoms with van der Waals surface area (Å²) in [7, 11) is 0. The van der Waals surface area contributed by atoms with E-state index in [0.29, 0.717) is 12.1 Å². The van der Waals surface area contributed by atoms with E-state index >= 15 is 0 Å². The lowest BCUT2D eigenvalue weighted by atomic mass is 10.1. The number of hydrogen-bond acceptors (Lipinski definition) is 3. The zero-order valence-electron chi connectivity index (χ0n) is 7.84. The van der Waals surface area contributed by atoms with Gasteiger partial charge in [-0.1, -0.05) is 0 Å². The van der Waals surface area contributed by atoms with Gasteiger partial charge in [0.2, 0.25) is 0 Å². The number of aliphatic hydroxyl groups is 1. The molecule has 0 heterocycles. The molecular formula is C9H7F3NO3-. The van der Waals surface area contributed by atoms with Crippen molar-refractivity contribution in [2.24, 2.45) is 0 Å². The molecule has 16 heavy (non-hydrogen) atoms. The summed E-state index contributed by atoms with van der Waals surface area (Å²) in [4.78, 5) is 10.2. The number of amides is 1. The minimum atomic E-state index is -4.54. The van der Waals surface area contributed by atoms with E-state index in [4.69, 9.17) is 5.11 Å². The highest BCUT2D eigenvalue weighted by Crippen LogP contribution is 2.31. The summed E-state index contributed by atoms with van der Waals surface area (Å²) >= 11 is 0. The van der Waals surface area contributed by atoms with Crippen LogP contribution in [0.25, 0.3) is 0 Å². The van der Waals surface area contributed by atoms with Gasteiger partial charge < -0.3 is 20.3 Å². The number of rotatable bonds is 2. The van der Waals surface area contributed by atoms with Gasteiger partial charge in [-0.25, -0.2) is 0 Å². The molecule has 1 amide bonds. The first-order valence-electron chi connectivity index (χ1n) is 4.13. The van der Waals surface area contributed by atoms with Gasteiger partial charge in [0, 0.05) is 11.3 Å². The van der Waals surface area contributed by atoms with Gasteiger partial charge in [-0.05, 0) is 18.2 Å². The molecule has 7 heteroatoms. The van der Waals surface area contributed by atoms with Gasteiger partial charge in [0.15, 0.2) is 0 Å². The quantitative estimate of drug-likeness (QED) is 0.800. The lowest BCUT2D eigenvalue weighted by molar-refractivity contribution is -0.242. The molecule has 1 aromatic rings. The van der Waals surface area contributed by atoms with E-state index in [1.165, 1.54) is 0 Å². The van der Waals surface area contributed by atoms with E-state index in [1.807, 2.05) is 0 Å². The molecular weight excluding hydrogens is 227 g/mol. The van der Waals surface area contributed by atoms with Crippen molar-refractivity contribution in [2.75, 3.05) is 5.32 Å². The van der Waals surface area contributed by atoms with E-state index in [-0.39, 0.29) is 11.3 Å². The van der Waals surface area contributed by atoms with Crippen LogP contribution < -0.4 is 10.4 Å². The average molecular weight is 234 g/mol. The third kappa shape index (κ3) is 2.86. The highest BCUT2D eigenvalue weighted by atomic mass is 19.4. The first-order chi connectivity index (χ1) is 7.34. The molecule has 0 atom stereocenters. The summed E-state index contributed by atoms with van der Waals surface area (Å²) in [5.41, 5.74) is -1.25. The van der Waals surface area contributed by atoms with E-state index < -0.39 is 24.4 Å². The maximum absolute atomic E-state index is 12.3. The smallest absolute Gasteiger partial charge is 0.416 e. The van der Waals surface area contributed by atoms with Crippen LogP contribution in [-0.2, 0) is 12.8 Å². The Morgan fingerprint density at radius 1 is 1.44 bits per heavy atom. The molecule has 0 aliphatic carbocycles. The zero-order valence-corrected chi connectivity index (χ0v) is 7.84. The molecule has 0 fully saturated rings. The summed E-state index contributed by atoms with van der Waals surface area (Å²) in [5, 5.41) is 20.8.